The van der Waals surface area contributed by atoms with Gasteiger partial charge in [-0.3, -0.25) is 15.2 Å². The molecule has 0 aliphatic rings. The van der Waals surface area contributed by atoms with Crippen LogP contribution in [0.1, 0.15) is 21.5 Å². The number of nitrogens with zero attached hydrogens (tertiary/aromatic N) is 2. The van der Waals surface area contributed by atoms with E-state index in [1.54, 1.807) is 24.4 Å². The van der Waals surface area contributed by atoms with Crippen molar-refractivity contribution in [3.63, 3.8) is 0 Å². The zero-order valence-corrected chi connectivity index (χ0v) is 16.2. The third kappa shape index (κ3) is 4.33. The Morgan fingerprint density at radius 3 is 2.55 bits per heavy atom. The number of aromatic hydroxyl groups is 1. The van der Waals surface area contributed by atoms with Gasteiger partial charge in [0.25, 0.3) is 5.91 Å². The van der Waals surface area contributed by atoms with Crippen molar-refractivity contribution in [3.8, 4) is 28.8 Å². The zero-order valence-electron chi connectivity index (χ0n) is 16.2. The molecule has 0 aliphatic carbocycles. The lowest BCUT2D eigenvalue weighted by Gasteiger charge is -2.14. The first-order valence-corrected chi connectivity index (χ1v) is 8.85. The van der Waals surface area contributed by atoms with Crippen molar-refractivity contribution in [1.82, 2.24) is 4.98 Å². The van der Waals surface area contributed by atoms with Crippen molar-refractivity contribution in [2.75, 3.05) is 12.4 Å². The molecule has 0 atom stereocenters. The Labute approximate surface area is 176 Å². The summed E-state index contributed by atoms with van der Waals surface area (Å²) in [6.07, 6.45) is 1.57. The number of benzene rings is 2. The number of nitriles is 1. The minimum absolute atomic E-state index is 0.0841. The van der Waals surface area contributed by atoms with Gasteiger partial charge in [-0.1, -0.05) is 6.07 Å². The predicted molar refractivity (Wildman–Crippen MR) is 111 cm³/mol. The molecular weight excluding hydrogens is 400 g/mol. The molecule has 1 aromatic heterocycles. The van der Waals surface area contributed by atoms with E-state index in [2.05, 4.69) is 10.3 Å². The summed E-state index contributed by atoms with van der Waals surface area (Å²) < 4.78 is 5.27. The van der Waals surface area contributed by atoms with Crippen LogP contribution < -0.4 is 10.1 Å². The molecule has 4 N–H and O–H groups in total. The van der Waals surface area contributed by atoms with Gasteiger partial charge in [-0.15, -0.1) is 0 Å². The summed E-state index contributed by atoms with van der Waals surface area (Å²) in [6.45, 7) is 0. The predicted octanol–water partition coefficient (Wildman–Crippen LogP) is 3.04. The number of carbonyl (C=O) groups excluding carboxylic acids is 1. The number of phenols is 1. The Kier molecular flexibility index (Phi) is 5.93. The summed E-state index contributed by atoms with van der Waals surface area (Å²) in [5.74, 6) is -2.35. The number of hydrogen-bond donors (Lipinski definition) is 4. The minimum atomic E-state index is -1.34. The summed E-state index contributed by atoms with van der Waals surface area (Å²) >= 11 is 0. The average molecular weight is 416 g/mol. The number of carboxylic acids is 1. The monoisotopic (exact) mass is 416 g/mol. The number of amides is 1. The second-order valence-electron chi connectivity index (χ2n) is 6.29. The summed E-state index contributed by atoms with van der Waals surface area (Å²) in [7, 11) is 1.41. The number of aromatic carboxylic acids is 1. The molecule has 0 spiro atoms. The molecule has 3 aromatic rings. The van der Waals surface area contributed by atoms with Gasteiger partial charge in [-0.2, -0.15) is 5.26 Å². The highest BCUT2D eigenvalue weighted by molar-refractivity contribution is 6.48. The lowest BCUT2D eigenvalue weighted by Crippen LogP contribution is -2.24. The first kappa shape index (κ1) is 21.0. The number of aromatic nitrogens is 1. The van der Waals surface area contributed by atoms with Crippen LogP contribution in [0.25, 0.3) is 11.3 Å². The van der Waals surface area contributed by atoms with Crippen LogP contribution in [-0.4, -0.2) is 39.9 Å². The van der Waals surface area contributed by atoms with Gasteiger partial charge >= 0.3 is 5.97 Å². The fourth-order valence-corrected chi connectivity index (χ4v) is 2.87. The largest absolute Gasteiger partial charge is 0.507 e. The van der Waals surface area contributed by atoms with Gasteiger partial charge in [0.1, 0.15) is 17.2 Å². The highest BCUT2D eigenvalue weighted by Crippen LogP contribution is 2.35. The SMILES string of the molecule is COc1cc(O)c(C(=N)C(=O)Nc2ccc(C#N)cc2C(=O)O)cc1-c1ccccn1. The van der Waals surface area contributed by atoms with Crippen molar-refractivity contribution in [1.29, 1.82) is 10.7 Å². The molecule has 0 saturated carbocycles. The van der Waals surface area contributed by atoms with Gasteiger partial charge in [-0.25, -0.2) is 4.79 Å². The molecule has 3 rings (SSSR count). The van der Waals surface area contributed by atoms with Crippen LogP contribution in [-0.2, 0) is 4.79 Å². The third-order valence-corrected chi connectivity index (χ3v) is 4.38. The Bertz CT molecular complexity index is 1230. The topological polar surface area (TPSA) is 156 Å². The van der Waals surface area contributed by atoms with E-state index in [1.165, 1.54) is 31.4 Å². The maximum Gasteiger partial charge on any atom is 0.337 e. The molecule has 0 bridgehead atoms. The summed E-state index contributed by atoms with van der Waals surface area (Å²) in [5.41, 5.74) is 0.000392. The van der Waals surface area contributed by atoms with Crippen LogP contribution in [0.5, 0.6) is 11.5 Å². The van der Waals surface area contributed by atoms with E-state index in [9.17, 15) is 19.8 Å². The maximum absolute atomic E-state index is 12.6. The van der Waals surface area contributed by atoms with E-state index in [1.807, 2.05) is 6.07 Å². The van der Waals surface area contributed by atoms with Crippen LogP contribution in [0, 0.1) is 16.7 Å². The van der Waals surface area contributed by atoms with Crippen molar-refractivity contribution < 1.29 is 24.5 Å². The molecule has 31 heavy (non-hydrogen) atoms. The van der Waals surface area contributed by atoms with Gasteiger partial charge in [-0.05, 0) is 36.4 Å². The molecule has 9 heteroatoms. The second-order valence-corrected chi connectivity index (χ2v) is 6.29. The number of pyridine rings is 1. The van der Waals surface area contributed by atoms with E-state index in [4.69, 9.17) is 15.4 Å². The first-order valence-electron chi connectivity index (χ1n) is 8.85. The number of nitrogens with one attached hydrogen (secondary N) is 2. The smallest absolute Gasteiger partial charge is 0.337 e. The number of hydrogen-bond acceptors (Lipinski definition) is 7. The molecule has 154 valence electrons. The van der Waals surface area contributed by atoms with Crippen molar-refractivity contribution in [2.45, 2.75) is 0 Å². The zero-order chi connectivity index (χ0) is 22.5. The van der Waals surface area contributed by atoms with Crippen LogP contribution >= 0.6 is 0 Å². The molecule has 2 aromatic carbocycles. The lowest BCUT2D eigenvalue weighted by atomic mass is 10.0. The quantitative estimate of drug-likeness (QED) is 0.450. The fourth-order valence-electron chi connectivity index (χ4n) is 2.87. The van der Waals surface area contributed by atoms with E-state index in [0.717, 1.165) is 6.07 Å². The van der Waals surface area contributed by atoms with Crippen LogP contribution in [0.2, 0.25) is 0 Å². The molecule has 1 heterocycles. The normalized spacial score (nSPS) is 10.1. The van der Waals surface area contributed by atoms with Crippen LogP contribution in [0.3, 0.4) is 0 Å². The number of carbonyl (C=O) groups is 2. The minimum Gasteiger partial charge on any atom is -0.507 e. The lowest BCUT2D eigenvalue weighted by molar-refractivity contribution is -0.110. The Hall–Kier alpha value is -4.71. The molecule has 0 fully saturated rings. The number of methoxy groups -OCH3 is 1. The first-order chi connectivity index (χ1) is 14.8. The van der Waals surface area contributed by atoms with Crippen LogP contribution in [0.15, 0.2) is 54.7 Å². The molecule has 9 nitrogen and oxygen atoms in total. The maximum atomic E-state index is 12.6. The molecule has 1 amide bonds. The molecular formula is C22H16N4O5. The number of rotatable bonds is 6. The number of anilines is 1. The Balaban J connectivity index is 1.97. The van der Waals surface area contributed by atoms with Gasteiger partial charge in [0.15, 0.2) is 0 Å². The fraction of sp³-hybridized carbons (Fsp3) is 0.0455. The number of carboxylic acid groups (broad SMARTS) is 1. The van der Waals surface area contributed by atoms with Crippen LogP contribution in [0.4, 0.5) is 5.69 Å². The van der Waals surface area contributed by atoms with Crippen molar-refractivity contribution in [2.24, 2.45) is 0 Å². The molecule has 0 unspecified atom stereocenters. The molecule has 0 radical (unpaired) electrons. The molecule has 0 aliphatic heterocycles. The van der Waals surface area contributed by atoms with Crippen molar-refractivity contribution in [3.05, 3.63) is 71.4 Å². The second kappa shape index (κ2) is 8.75. The molecule has 0 saturated heterocycles. The average Bonchev–Trinajstić information content (AvgIpc) is 2.78. The summed E-state index contributed by atoms with van der Waals surface area (Å²) in [6, 6.07) is 13.4. The van der Waals surface area contributed by atoms with Gasteiger partial charge < -0.3 is 20.3 Å². The number of phenolic OH excluding ortho intramolecular Hbond substituents is 1. The summed E-state index contributed by atoms with van der Waals surface area (Å²) in [5, 5.41) is 39.2. The Morgan fingerprint density at radius 2 is 1.94 bits per heavy atom. The van der Waals surface area contributed by atoms with E-state index < -0.39 is 17.6 Å². The highest BCUT2D eigenvalue weighted by atomic mass is 16.5. The number of ether oxygens (including phenoxy) is 1. The summed E-state index contributed by atoms with van der Waals surface area (Å²) in [4.78, 5) is 28.3. The standard InChI is InChI=1S/C22H16N4O5/c1-31-19-10-18(27)15(9-13(19)16-4-2-3-7-25-16)20(24)21(28)26-17-6-5-12(11-23)8-14(17)22(29)30/h2-10,24,27H,1H3,(H,26,28)(H,29,30). The van der Waals surface area contributed by atoms with Crippen molar-refractivity contribution >= 4 is 23.3 Å². The van der Waals surface area contributed by atoms with E-state index in [0.29, 0.717) is 17.0 Å². The Morgan fingerprint density at radius 1 is 1.16 bits per heavy atom. The van der Waals surface area contributed by atoms with E-state index in [-0.39, 0.29) is 28.1 Å². The third-order valence-electron chi connectivity index (χ3n) is 4.38. The van der Waals surface area contributed by atoms with Gasteiger partial charge in [0.2, 0.25) is 0 Å². The highest BCUT2D eigenvalue weighted by Gasteiger charge is 2.22. The van der Waals surface area contributed by atoms with E-state index >= 15 is 0 Å². The van der Waals surface area contributed by atoms with Gasteiger partial charge in [0, 0.05) is 23.4 Å². The van der Waals surface area contributed by atoms with Gasteiger partial charge in [0.05, 0.1) is 35.7 Å².